The van der Waals surface area contributed by atoms with Crippen molar-refractivity contribution in [1.29, 1.82) is 0 Å². The van der Waals surface area contributed by atoms with Gasteiger partial charge in [0.1, 0.15) is 0 Å². The van der Waals surface area contributed by atoms with E-state index in [4.69, 9.17) is 4.52 Å². The van der Waals surface area contributed by atoms with Gasteiger partial charge in [-0.3, -0.25) is 4.90 Å². The average molecular weight is 459 g/mol. The maximum atomic E-state index is 12.9. The zero-order chi connectivity index (χ0) is 22.1. The Labute approximate surface area is 178 Å². The summed E-state index contributed by atoms with van der Waals surface area (Å²) in [4.78, 5) is 6.20. The van der Waals surface area contributed by atoms with Crippen molar-refractivity contribution in [2.75, 3.05) is 39.3 Å². The summed E-state index contributed by atoms with van der Waals surface area (Å²) in [6.07, 6.45) is -1.60. The van der Waals surface area contributed by atoms with Crippen LogP contribution < -0.4 is 0 Å². The van der Waals surface area contributed by atoms with Gasteiger partial charge in [-0.25, -0.2) is 0 Å². The summed E-state index contributed by atoms with van der Waals surface area (Å²) in [6.45, 7) is 3.21. The highest BCUT2D eigenvalue weighted by molar-refractivity contribution is 7.86. The van der Waals surface area contributed by atoms with E-state index in [2.05, 4.69) is 10.1 Å². The first kappa shape index (κ1) is 22.2. The highest BCUT2D eigenvalue weighted by Crippen LogP contribution is 2.31. The zero-order valence-electron chi connectivity index (χ0n) is 16.9. The number of hydrogen-bond acceptors (Lipinski definition) is 6. The normalized spacial score (nSPS) is 20.2. The Morgan fingerprint density at radius 1 is 0.968 bits per heavy atom. The second kappa shape index (κ2) is 8.85. The van der Waals surface area contributed by atoms with Gasteiger partial charge in [0, 0.05) is 44.8 Å². The molecule has 1 aromatic carbocycles. The standard InChI is InChI=1S/C19H24F3N5O3S/c20-19(21,22)16-6-4-5-15(13-16)18-23-17(30-24-18)14-25-9-11-27(12-10-25)31(28,29)26-7-2-1-3-8-26/h4-6,13H,1-3,7-12,14H2. The lowest BCUT2D eigenvalue weighted by Gasteiger charge is -2.37. The van der Waals surface area contributed by atoms with Gasteiger partial charge in [-0.15, -0.1) is 0 Å². The molecule has 170 valence electrons. The largest absolute Gasteiger partial charge is 0.416 e. The monoisotopic (exact) mass is 459 g/mol. The first-order chi connectivity index (χ1) is 14.7. The van der Waals surface area contributed by atoms with E-state index < -0.39 is 21.9 Å². The van der Waals surface area contributed by atoms with Crippen LogP contribution in [0.1, 0.15) is 30.7 Å². The molecule has 0 unspecified atom stereocenters. The molecule has 0 radical (unpaired) electrons. The molecule has 0 saturated carbocycles. The van der Waals surface area contributed by atoms with Gasteiger partial charge in [-0.05, 0) is 25.0 Å². The highest BCUT2D eigenvalue weighted by atomic mass is 32.2. The summed E-state index contributed by atoms with van der Waals surface area (Å²) >= 11 is 0. The number of nitrogens with zero attached hydrogens (tertiary/aromatic N) is 5. The van der Waals surface area contributed by atoms with Crippen LogP contribution in [0.15, 0.2) is 28.8 Å². The van der Waals surface area contributed by atoms with Crippen LogP contribution in [0.5, 0.6) is 0 Å². The third kappa shape index (κ3) is 5.08. The molecule has 1 aromatic heterocycles. The van der Waals surface area contributed by atoms with Crippen molar-refractivity contribution in [3.63, 3.8) is 0 Å². The first-order valence-electron chi connectivity index (χ1n) is 10.2. The van der Waals surface area contributed by atoms with Gasteiger partial charge < -0.3 is 4.52 Å². The number of halogens is 3. The SMILES string of the molecule is O=S(=O)(N1CCCCC1)N1CCN(Cc2nc(-c3cccc(C(F)(F)F)c3)no2)CC1. The van der Waals surface area contributed by atoms with Crippen molar-refractivity contribution in [3.8, 4) is 11.4 Å². The fourth-order valence-electron chi connectivity index (χ4n) is 3.84. The van der Waals surface area contributed by atoms with E-state index >= 15 is 0 Å². The number of aromatic nitrogens is 2. The second-order valence-corrected chi connectivity index (χ2v) is 9.66. The Kier molecular flexibility index (Phi) is 6.33. The number of piperazine rings is 1. The molecule has 8 nitrogen and oxygen atoms in total. The minimum atomic E-state index is -4.45. The topological polar surface area (TPSA) is 82.8 Å². The van der Waals surface area contributed by atoms with E-state index in [1.165, 1.54) is 16.4 Å². The van der Waals surface area contributed by atoms with Gasteiger partial charge in [0.25, 0.3) is 10.2 Å². The van der Waals surface area contributed by atoms with Crippen LogP contribution >= 0.6 is 0 Å². The number of piperidine rings is 1. The van der Waals surface area contributed by atoms with Crippen molar-refractivity contribution in [2.45, 2.75) is 32.0 Å². The van der Waals surface area contributed by atoms with Crippen molar-refractivity contribution in [3.05, 3.63) is 35.7 Å². The summed E-state index contributed by atoms with van der Waals surface area (Å²) in [5, 5.41) is 3.80. The molecule has 2 saturated heterocycles. The Hall–Kier alpha value is -2.02. The van der Waals surface area contributed by atoms with Gasteiger partial charge in [0.15, 0.2) is 0 Å². The maximum Gasteiger partial charge on any atom is 0.416 e. The molecule has 4 rings (SSSR count). The van der Waals surface area contributed by atoms with Gasteiger partial charge >= 0.3 is 6.18 Å². The van der Waals surface area contributed by atoms with Crippen LogP contribution in [-0.4, -0.2) is 71.3 Å². The lowest BCUT2D eigenvalue weighted by atomic mass is 10.1. The zero-order valence-corrected chi connectivity index (χ0v) is 17.7. The number of alkyl halides is 3. The molecule has 0 amide bonds. The minimum absolute atomic E-state index is 0.0902. The molecule has 12 heteroatoms. The van der Waals surface area contributed by atoms with Crippen LogP contribution in [0.2, 0.25) is 0 Å². The van der Waals surface area contributed by atoms with E-state index in [9.17, 15) is 21.6 Å². The quantitative estimate of drug-likeness (QED) is 0.684. The lowest BCUT2D eigenvalue weighted by molar-refractivity contribution is -0.137. The van der Waals surface area contributed by atoms with E-state index in [0.717, 1.165) is 31.4 Å². The fraction of sp³-hybridized carbons (Fsp3) is 0.579. The fourth-order valence-corrected chi connectivity index (χ4v) is 5.51. The molecule has 2 aliphatic heterocycles. The summed E-state index contributed by atoms with van der Waals surface area (Å²) in [6, 6.07) is 4.77. The molecule has 3 heterocycles. The van der Waals surface area contributed by atoms with E-state index in [1.807, 2.05) is 4.90 Å². The summed E-state index contributed by atoms with van der Waals surface area (Å²) in [5.74, 6) is 0.368. The van der Waals surface area contributed by atoms with Crippen molar-refractivity contribution in [2.24, 2.45) is 0 Å². The van der Waals surface area contributed by atoms with Gasteiger partial charge in [-0.2, -0.15) is 35.2 Å². The molecule has 0 spiro atoms. The Bertz CT molecular complexity index is 997. The van der Waals surface area contributed by atoms with Crippen LogP contribution in [0, 0.1) is 0 Å². The maximum absolute atomic E-state index is 12.9. The number of hydrogen-bond donors (Lipinski definition) is 0. The first-order valence-corrected chi connectivity index (χ1v) is 11.6. The molecule has 0 N–H and O–H groups in total. The number of rotatable bonds is 5. The van der Waals surface area contributed by atoms with E-state index in [0.29, 0.717) is 45.8 Å². The second-order valence-electron chi connectivity index (χ2n) is 7.73. The van der Waals surface area contributed by atoms with E-state index in [-0.39, 0.29) is 17.3 Å². The molecular formula is C19H24F3N5O3S. The van der Waals surface area contributed by atoms with Gasteiger partial charge in [-0.1, -0.05) is 23.7 Å². The van der Waals surface area contributed by atoms with Crippen LogP contribution in [0.3, 0.4) is 0 Å². The Balaban J connectivity index is 1.35. The van der Waals surface area contributed by atoms with Crippen molar-refractivity contribution in [1.82, 2.24) is 23.7 Å². The third-order valence-electron chi connectivity index (χ3n) is 5.57. The molecule has 2 aliphatic rings. The molecule has 0 bridgehead atoms. The summed E-state index contributed by atoms with van der Waals surface area (Å²) in [5.41, 5.74) is -0.551. The lowest BCUT2D eigenvalue weighted by Crippen LogP contribution is -2.53. The summed E-state index contributed by atoms with van der Waals surface area (Å²) < 4.78 is 72.6. The highest BCUT2D eigenvalue weighted by Gasteiger charge is 2.33. The molecule has 31 heavy (non-hydrogen) atoms. The van der Waals surface area contributed by atoms with E-state index in [1.54, 1.807) is 4.31 Å². The summed E-state index contributed by atoms with van der Waals surface area (Å²) in [7, 11) is -3.43. The number of benzene rings is 1. The van der Waals surface area contributed by atoms with Crippen molar-refractivity contribution < 1.29 is 26.1 Å². The molecule has 0 aliphatic carbocycles. The van der Waals surface area contributed by atoms with Gasteiger partial charge in [0.05, 0.1) is 12.1 Å². The van der Waals surface area contributed by atoms with Crippen LogP contribution in [0.25, 0.3) is 11.4 Å². The third-order valence-corrected chi connectivity index (χ3v) is 7.61. The average Bonchev–Trinajstić information content (AvgIpc) is 3.23. The van der Waals surface area contributed by atoms with Crippen LogP contribution in [0.4, 0.5) is 13.2 Å². The minimum Gasteiger partial charge on any atom is -0.338 e. The molecule has 2 fully saturated rings. The molecule has 0 atom stereocenters. The predicted molar refractivity (Wildman–Crippen MR) is 106 cm³/mol. The predicted octanol–water partition coefficient (Wildman–Crippen LogP) is 2.60. The molecular weight excluding hydrogens is 435 g/mol. The van der Waals surface area contributed by atoms with Crippen LogP contribution in [-0.2, 0) is 22.9 Å². The smallest absolute Gasteiger partial charge is 0.338 e. The van der Waals surface area contributed by atoms with Gasteiger partial charge in [0.2, 0.25) is 11.7 Å². The Morgan fingerprint density at radius 2 is 1.65 bits per heavy atom. The Morgan fingerprint density at radius 3 is 2.32 bits per heavy atom. The molecule has 2 aromatic rings. The van der Waals surface area contributed by atoms with Crippen molar-refractivity contribution >= 4 is 10.2 Å².